The number of carbonyl (C=O) groups is 2. The molecule has 1 saturated heterocycles. The van der Waals surface area contributed by atoms with Crippen molar-refractivity contribution in [1.29, 1.82) is 0 Å². The van der Waals surface area contributed by atoms with Gasteiger partial charge in [-0.2, -0.15) is 0 Å². The first-order valence-corrected chi connectivity index (χ1v) is 6.35. The Kier molecular flexibility index (Phi) is 5.91. The fourth-order valence-electron chi connectivity index (χ4n) is 2.03. The summed E-state index contributed by atoms with van der Waals surface area (Å²) in [5.41, 5.74) is 0. The molecule has 6 nitrogen and oxygen atoms in total. The number of carbonyl (C=O) groups excluding carboxylic acids is 2. The Balaban J connectivity index is 2.25. The van der Waals surface area contributed by atoms with E-state index in [1.165, 1.54) is 7.11 Å². The largest absolute Gasteiger partial charge is 0.453 e. The first-order chi connectivity index (χ1) is 8.52. The number of hydrogen-bond donors (Lipinski definition) is 1. The minimum Gasteiger partial charge on any atom is -0.453 e. The van der Waals surface area contributed by atoms with Crippen LogP contribution in [0.5, 0.6) is 0 Å². The summed E-state index contributed by atoms with van der Waals surface area (Å²) < 4.78 is 4.42. The van der Waals surface area contributed by atoms with E-state index >= 15 is 0 Å². The van der Waals surface area contributed by atoms with Crippen LogP contribution in [-0.2, 0) is 9.53 Å². The highest BCUT2D eigenvalue weighted by molar-refractivity contribution is 5.82. The molecule has 1 N–H and O–H groups in total. The molecule has 0 spiro atoms. The number of nitrogens with zero attached hydrogens (tertiary/aromatic N) is 2. The van der Waals surface area contributed by atoms with Crippen molar-refractivity contribution < 1.29 is 14.3 Å². The zero-order valence-electron chi connectivity index (χ0n) is 11.4. The van der Waals surface area contributed by atoms with Gasteiger partial charge in [-0.25, -0.2) is 4.79 Å². The summed E-state index contributed by atoms with van der Waals surface area (Å²) in [4.78, 5) is 26.8. The third kappa shape index (κ3) is 4.91. The molecule has 104 valence electrons. The van der Waals surface area contributed by atoms with E-state index in [0.717, 1.165) is 32.7 Å². The zero-order valence-corrected chi connectivity index (χ0v) is 11.4. The number of ether oxygens (including phenoxy) is 1. The SMILES string of the molecule is COC(=O)NCC(=O)N1CCN(CC(C)C)CC1. The van der Waals surface area contributed by atoms with Crippen LogP contribution in [0.1, 0.15) is 13.8 Å². The van der Waals surface area contributed by atoms with E-state index in [-0.39, 0.29) is 12.5 Å². The summed E-state index contributed by atoms with van der Waals surface area (Å²) in [5.74, 6) is 0.595. The van der Waals surface area contributed by atoms with Gasteiger partial charge in [-0.3, -0.25) is 9.69 Å². The summed E-state index contributed by atoms with van der Waals surface area (Å²) in [6, 6.07) is 0. The van der Waals surface area contributed by atoms with Crippen LogP contribution in [0, 0.1) is 5.92 Å². The van der Waals surface area contributed by atoms with Crippen LogP contribution >= 0.6 is 0 Å². The maximum atomic E-state index is 11.8. The Morgan fingerprint density at radius 2 is 1.83 bits per heavy atom. The normalized spacial score (nSPS) is 16.8. The summed E-state index contributed by atoms with van der Waals surface area (Å²) in [6.45, 7) is 8.74. The standard InChI is InChI=1S/C12H23N3O3/c1-10(2)9-14-4-6-15(7-5-14)11(16)8-13-12(17)18-3/h10H,4-9H2,1-3H3,(H,13,17). The highest BCUT2D eigenvalue weighted by Gasteiger charge is 2.21. The molecule has 1 aliphatic heterocycles. The predicted molar refractivity (Wildman–Crippen MR) is 68.3 cm³/mol. The van der Waals surface area contributed by atoms with Crippen molar-refractivity contribution in [3.8, 4) is 0 Å². The summed E-state index contributed by atoms with van der Waals surface area (Å²) in [5, 5.41) is 2.41. The molecule has 6 heteroatoms. The lowest BCUT2D eigenvalue weighted by Gasteiger charge is -2.35. The lowest BCUT2D eigenvalue weighted by Crippen LogP contribution is -2.51. The van der Waals surface area contributed by atoms with Crippen LogP contribution in [0.4, 0.5) is 4.79 Å². The molecule has 18 heavy (non-hydrogen) atoms. The van der Waals surface area contributed by atoms with E-state index in [1.54, 1.807) is 4.90 Å². The molecule has 0 aliphatic carbocycles. The van der Waals surface area contributed by atoms with Crippen molar-refractivity contribution in [2.45, 2.75) is 13.8 Å². The number of rotatable bonds is 4. The molecule has 1 rings (SSSR count). The average molecular weight is 257 g/mol. The van der Waals surface area contributed by atoms with E-state index in [2.05, 4.69) is 28.8 Å². The summed E-state index contributed by atoms with van der Waals surface area (Å²) in [7, 11) is 1.28. The van der Waals surface area contributed by atoms with E-state index in [0.29, 0.717) is 5.92 Å². The van der Waals surface area contributed by atoms with Crippen LogP contribution in [0.2, 0.25) is 0 Å². The Morgan fingerprint density at radius 1 is 1.22 bits per heavy atom. The quantitative estimate of drug-likeness (QED) is 0.778. The van der Waals surface area contributed by atoms with Gasteiger partial charge in [-0.15, -0.1) is 0 Å². The fourth-order valence-corrected chi connectivity index (χ4v) is 2.03. The molecule has 0 bridgehead atoms. The molecule has 0 radical (unpaired) electrons. The first-order valence-electron chi connectivity index (χ1n) is 6.35. The van der Waals surface area contributed by atoms with Crippen LogP contribution in [0.15, 0.2) is 0 Å². The second-order valence-electron chi connectivity index (χ2n) is 4.92. The second kappa shape index (κ2) is 7.20. The van der Waals surface area contributed by atoms with E-state index in [4.69, 9.17) is 0 Å². The topological polar surface area (TPSA) is 61.9 Å². The third-order valence-corrected chi connectivity index (χ3v) is 2.92. The highest BCUT2D eigenvalue weighted by Crippen LogP contribution is 2.05. The molecule has 1 aliphatic rings. The number of alkyl carbamates (subject to hydrolysis) is 1. The Hall–Kier alpha value is -1.30. The molecule has 0 atom stereocenters. The van der Waals surface area contributed by atoms with Crippen LogP contribution in [-0.4, -0.2) is 68.2 Å². The van der Waals surface area contributed by atoms with Gasteiger partial charge in [0.05, 0.1) is 7.11 Å². The molecule has 1 heterocycles. The van der Waals surface area contributed by atoms with Crippen molar-refractivity contribution in [2.75, 3.05) is 46.4 Å². The van der Waals surface area contributed by atoms with Crippen molar-refractivity contribution in [3.05, 3.63) is 0 Å². The maximum absolute atomic E-state index is 11.8. The highest BCUT2D eigenvalue weighted by atomic mass is 16.5. The summed E-state index contributed by atoms with van der Waals surface area (Å²) in [6.07, 6.45) is -0.568. The van der Waals surface area contributed by atoms with Gasteiger partial charge < -0.3 is 15.0 Å². The van der Waals surface area contributed by atoms with Crippen molar-refractivity contribution in [2.24, 2.45) is 5.92 Å². The van der Waals surface area contributed by atoms with Gasteiger partial charge in [0, 0.05) is 32.7 Å². The molecule has 0 unspecified atom stereocenters. The molecule has 0 aromatic carbocycles. The number of hydrogen-bond acceptors (Lipinski definition) is 4. The van der Waals surface area contributed by atoms with Gasteiger partial charge in [0.2, 0.25) is 5.91 Å². The Labute approximate surface area is 108 Å². The number of piperazine rings is 1. The minimum absolute atomic E-state index is 0.0108. The van der Waals surface area contributed by atoms with Crippen molar-refractivity contribution in [3.63, 3.8) is 0 Å². The zero-order chi connectivity index (χ0) is 13.5. The Bertz CT molecular complexity index is 286. The van der Waals surface area contributed by atoms with E-state index < -0.39 is 6.09 Å². The van der Waals surface area contributed by atoms with Gasteiger partial charge in [-0.1, -0.05) is 13.8 Å². The van der Waals surface area contributed by atoms with Crippen LogP contribution in [0.25, 0.3) is 0 Å². The molecule has 0 saturated carbocycles. The fraction of sp³-hybridized carbons (Fsp3) is 0.833. The number of nitrogens with one attached hydrogen (secondary N) is 1. The van der Waals surface area contributed by atoms with Crippen molar-refractivity contribution >= 4 is 12.0 Å². The van der Waals surface area contributed by atoms with Gasteiger partial charge in [0.1, 0.15) is 6.54 Å². The van der Waals surface area contributed by atoms with E-state index in [9.17, 15) is 9.59 Å². The smallest absolute Gasteiger partial charge is 0.407 e. The van der Waals surface area contributed by atoms with Gasteiger partial charge in [0.25, 0.3) is 0 Å². The van der Waals surface area contributed by atoms with Crippen LogP contribution < -0.4 is 5.32 Å². The van der Waals surface area contributed by atoms with Gasteiger partial charge in [-0.05, 0) is 5.92 Å². The number of methoxy groups -OCH3 is 1. The number of amides is 2. The lowest BCUT2D eigenvalue weighted by molar-refractivity contribution is -0.131. The molecular weight excluding hydrogens is 234 g/mol. The Morgan fingerprint density at radius 3 is 2.33 bits per heavy atom. The minimum atomic E-state index is -0.568. The average Bonchev–Trinajstić information content (AvgIpc) is 2.35. The third-order valence-electron chi connectivity index (χ3n) is 2.92. The molecule has 0 aromatic rings. The summed E-state index contributed by atoms with van der Waals surface area (Å²) >= 11 is 0. The first kappa shape index (κ1) is 14.8. The molecule has 2 amide bonds. The van der Waals surface area contributed by atoms with Crippen molar-refractivity contribution in [1.82, 2.24) is 15.1 Å². The maximum Gasteiger partial charge on any atom is 0.407 e. The molecule has 0 aromatic heterocycles. The second-order valence-corrected chi connectivity index (χ2v) is 4.92. The van der Waals surface area contributed by atoms with Gasteiger partial charge in [0.15, 0.2) is 0 Å². The van der Waals surface area contributed by atoms with Crippen LogP contribution in [0.3, 0.4) is 0 Å². The van der Waals surface area contributed by atoms with E-state index in [1.807, 2.05) is 0 Å². The lowest BCUT2D eigenvalue weighted by atomic mass is 10.2. The predicted octanol–water partition coefficient (Wildman–Crippen LogP) is 0.143. The van der Waals surface area contributed by atoms with Gasteiger partial charge >= 0.3 is 6.09 Å². The molecule has 1 fully saturated rings. The molecular formula is C12H23N3O3. The monoisotopic (exact) mass is 257 g/mol.